The maximum absolute atomic E-state index is 14.8. The molecule has 2 aromatic rings. The minimum absolute atomic E-state index is 0.0251. The Kier molecular flexibility index (Phi) is 9.03. The van der Waals surface area contributed by atoms with E-state index in [0.717, 1.165) is 5.56 Å². The number of benzene rings is 2. The van der Waals surface area contributed by atoms with Crippen molar-refractivity contribution >= 4 is 16.0 Å². The molecule has 2 heterocycles. The third-order valence-corrected chi connectivity index (χ3v) is 9.51. The van der Waals surface area contributed by atoms with Gasteiger partial charge in [0, 0.05) is 38.1 Å². The van der Waals surface area contributed by atoms with E-state index in [-0.39, 0.29) is 30.8 Å². The molecule has 3 unspecified atom stereocenters. The van der Waals surface area contributed by atoms with E-state index in [1.807, 2.05) is 31.7 Å². The average molecular weight is 565 g/mol. The molecule has 1 fully saturated rings. The highest BCUT2D eigenvalue weighted by Crippen LogP contribution is 2.48. The molecule has 1 N–H and O–H groups in total. The summed E-state index contributed by atoms with van der Waals surface area (Å²) in [6, 6.07) is 9.20. The number of halogens is 1. The maximum Gasteiger partial charge on any atom is 0.309 e. The molecular weight excluding hydrogens is 527 g/mol. The van der Waals surface area contributed by atoms with Crippen LogP contribution in [0.4, 0.5) is 4.39 Å². The number of hydrogen-bond donors (Lipinski definition) is 1. The minimum atomic E-state index is -3.49. The Morgan fingerprint density at radius 1 is 1.15 bits per heavy atom. The van der Waals surface area contributed by atoms with Gasteiger partial charge < -0.3 is 19.3 Å². The first-order chi connectivity index (χ1) is 18.6. The van der Waals surface area contributed by atoms with E-state index < -0.39 is 39.7 Å². The fourth-order valence-corrected chi connectivity index (χ4v) is 7.49. The number of sulfonamides is 1. The van der Waals surface area contributed by atoms with E-state index in [2.05, 4.69) is 0 Å². The van der Waals surface area contributed by atoms with E-state index >= 15 is 0 Å². The number of ether oxygens (including phenoxy) is 3. The number of likely N-dealkylation sites (tertiary alicyclic amines) is 1. The van der Waals surface area contributed by atoms with E-state index in [1.165, 1.54) is 23.5 Å². The zero-order valence-corrected chi connectivity index (χ0v) is 23.6. The largest absolute Gasteiger partial charge is 0.494 e. The van der Waals surface area contributed by atoms with Crippen LogP contribution in [0.25, 0.3) is 0 Å². The van der Waals surface area contributed by atoms with Gasteiger partial charge in [0.2, 0.25) is 16.8 Å². The van der Waals surface area contributed by atoms with Gasteiger partial charge in [-0.25, -0.2) is 17.1 Å². The topological polar surface area (TPSA) is 106 Å². The molecule has 1 saturated heterocycles. The van der Waals surface area contributed by atoms with Crippen LogP contribution in [0, 0.1) is 17.7 Å². The normalized spacial score (nSPS) is 21.2. The highest BCUT2D eigenvalue weighted by Gasteiger charge is 2.48. The number of aliphatic carboxylic acids is 1. The number of rotatable bonds is 12. The van der Waals surface area contributed by atoms with Gasteiger partial charge in [0.25, 0.3) is 0 Å². The predicted octanol–water partition coefficient (Wildman–Crippen LogP) is 4.10. The first kappa shape index (κ1) is 29.1. The highest BCUT2D eigenvalue weighted by molar-refractivity contribution is 7.89. The summed E-state index contributed by atoms with van der Waals surface area (Å²) in [5, 5.41) is 10.4. The quantitative estimate of drug-likeness (QED) is 0.411. The third kappa shape index (κ3) is 6.31. The number of hydrogen-bond acceptors (Lipinski definition) is 7. The van der Waals surface area contributed by atoms with Gasteiger partial charge in [0.15, 0.2) is 23.1 Å². The minimum Gasteiger partial charge on any atom is -0.494 e. The SMILES string of the molecule is CCCN(CCN1CC(c2ccc3c(c2)OCO3)C(C(=O)O)C1c1ccc(OC)c(F)c1)S(=O)(=O)CC(C)C. The molecule has 9 nitrogen and oxygen atoms in total. The molecule has 3 atom stereocenters. The molecule has 0 amide bonds. The standard InChI is InChI=1S/C28H37FN2O7S/c1-5-10-31(39(34,35)16-18(2)3)12-11-30-15-21(19-6-9-24-25(14-19)38-17-37-24)26(28(32)33)27(30)20-7-8-23(36-4)22(29)13-20/h6-9,13-14,18,21,26-27H,5,10-12,15-17H2,1-4H3,(H,32,33). The summed E-state index contributed by atoms with van der Waals surface area (Å²) < 4.78 is 58.5. The van der Waals surface area contributed by atoms with Crippen molar-refractivity contribution in [2.45, 2.75) is 39.2 Å². The molecule has 0 spiro atoms. The lowest BCUT2D eigenvalue weighted by Gasteiger charge is -2.30. The van der Waals surface area contributed by atoms with Gasteiger partial charge >= 0.3 is 5.97 Å². The van der Waals surface area contributed by atoms with Crippen LogP contribution in [-0.2, 0) is 14.8 Å². The van der Waals surface area contributed by atoms with Crippen LogP contribution in [0.2, 0.25) is 0 Å². The summed E-state index contributed by atoms with van der Waals surface area (Å²) in [4.78, 5) is 14.7. The van der Waals surface area contributed by atoms with Crippen molar-refractivity contribution < 1.29 is 36.9 Å². The number of carboxylic acid groups (broad SMARTS) is 1. The molecule has 0 aliphatic carbocycles. The zero-order chi connectivity index (χ0) is 28.3. The molecule has 39 heavy (non-hydrogen) atoms. The fraction of sp³-hybridized carbons (Fsp3) is 0.536. The van der Waals surface area contributed by atoms with Crippen LogP contribution in [0.1, 0.15) is 50.3 Å². The van der Waals surface area contributed by atoms with Gasteiger partial charge in [-0.2, -0.15) is 0 Å². The number of carboxylic acids is 1. The molecule has 2 aliphatic rings. The Bertz CT molecular complexity index is 1290. The van der Waals surface area contributed by atoms with Crippen LogP contribution < -0.4 is 14.2 Å². The van der Waals surface area contributed by atoms with Gasteiger partial charge in [0.05, 0.1) is 18.8 Å². The predicted molar refractivity (Wildman–Crippen MR) is 144 cm³/mol. The van der Waals surface area contributed by atoms with Gasteiger partial charge in [0.1, 0.15) is 0 Å². The summed E-state index contributed by atoms with van der Waals surface area (Å²) in [6.07, 6.45) is 0.655. The smallest absolute Gasteiger partial charge is 0.309 e. The first-order valence-electron chi connectivity index (χ1n) is 13.2. The van der Waals surface area contributed by atoms with Gasteiger partial charge in [-0.1, -0.05) is 32.9 Å². The van der Waals surface area contributed by atoms with Crippen molar-refractivity contribution in [2.24, 2.45) is 11.8 Å². The van der Waals surface area contributed by atoms with Crippen LogP contribution in [-0.4, -0.2) is 74.5 Å². The lowest BCUT2D eigenvalue weighted by atomic mass is 9.82. The third-order valence-electron chi connectivity index (χ3n) is 7.27. The summed E-state index contributed by atoms with van der Waals surface area (Å²) in [5.41, 5.74) is 1.27. The summed E-state index contributed by atoms with van der Waals surface area (Å²) >= 11 is 0. The molecule has 0 saturated carbocycles. The Morgan fingerprint density at radius 2 is 1.87 bits per heavy atom. The molecule has 0 radical (unpaired) electrons. The Hall–Kier alpha value is -2.89. The molecule has 0 bridgehead atoms. The number of carbonyl (C=O) groups is 1. The van der Waals surface area contributed by atoms with Crippen LogP contribution >= 0.6 is 0 Å². The number of fused-ring (bicyclic) bond motifs is 1. The Morgan fingerprint density at radius 3 is 2.51 bits per heavy atom. The molecule has 4 rings (SSSR count). The average Bonchev–Trinajstić information content (AvgIpc) is 3.50. The van der Waals surface area contributed by atoms with E-state index in [1.54, 1.807) is 18.2 Å². The Labute approximate surface area is 229 Å². The van der Waals surface area contributed by atoms with Crippen LogP contribution in [0.5, 0.6) is 17.2 Å². The Balaban J connectivity index is 1.70. The second-order valence-electron chi connectivity index (χ2n) is 10.5. The summed E-state index contributed by atoms with van der Waals surface area (Å²) in [5.74, 6) is -1.73. The van der Waals surface area contributed by atoms with Gasteiger partial charge in [-0.3, -0.25) is 9.69 Å². The summed E-state index contributed by atoms with van der Waals surface area (Å²) in [6.45, 7) is 6.97. The van der Waals surface area contributed by atoms with Crippen molar-refractivity contribution in [3.05, 3.63) is 53.3 Å². The number of nitrogens with zero attached hydrogens (tertiary/aromatic N) is 2. The fourth-order valence-electron chi connectivity index (χ4n) is 5.61. The van der Waals surface area contributed by atoms with Crippen molar-refractivity contribution in [1.29, 1.82) is 0 Å². The summed E-state index contributed by atoms with van der Waals surface area (Å²) in [7, 11) is -2.12. The second kappa shape index (κ2) is 12.1. The molecule has 2 aliphatic heterocycles. The van der Waals surface area contributed by atoms with Crippen LogP contribution in [0.15, 0.2) is 36.4 Å². The number of methoxy groups -OCH3 is 1. The maximum atomic E-state index is 14.8. The van der Waals surface area contributed by atoms with Gasteiger partial charge in [-0.15, -0.1) is 0 Å². The highest BCUT2D eigenvalue weighted by atomic mass is 32.2. The first-order valence-corrected chi connectivity index (χ1v) is 14.8. The van der Waals surface area contributed by atoms with Crippen LogP contribution in [0.3, 0.4) is 0 Å². The lowest BCUT2D eigenvalue weighted by molar-refractivity contribution is -0.143. The van der Waals surface area contributed by atoms with E-state index in [4.69, 9.17) is 14.2 Å². The lowest BCUT2D eigenvalue weighted by Crippen LogP contribution is -2.41. The van der Waals surface area contributed by atoms with Crippen molar-refractivity contribution in [1.82, 2.24) is 9.21 Å². The van der Waals surface area contributed by atoms with E-state index in [9.17, 15) is 22.7 Å². The molecular formula is C28H37FN2O7S. The van der Waals surface area contributed by atoms with Crippen molar-refractivity contribution in [2.75, 3.05) is 45.8 Å². The molecule has 11 heteroatoms. The molecule has 214 valence electrons. The van der Waals surface area contributed by atoms with Crippen molar-refractivity contribution in [3.63, 3.8) is 0 Å². The monoisotopic (exact) mass is 564 g/mol. The van der Waals surface area contributed by atoms with Crippen molar-refractivity contribution in [3.8, 4) is 17.2 Å². The van der Waals surface area contributed by atoms with E-state index in [0.29, 0.717) is 43.1 Å². The molecule has 0 aromatic heterocycles. The molecule has 2 aromatic carbocycles. The second-order valence-corrected chi connectivity index (χ2v) is 12.5. The zero-order valence-electron chi connectivity index (χ0n) is 22.8. The van der Waals surface area contributed by atoms with Gasteiger partial charge in [-0.05, 0) is 47.7 Å².